The van der Waals surface area contributed by atoms with E-state index in [9.17, 15) is 52.7 Å². The van der Waals surface area contributed by atoms with Gasteiger partial charge in [0.2, 0.25) is 0 Å². The SMILES string of the molecule is CC(C)OB(c1cc(C(F)(F)F)cc(C(F)(F)F)c1)c1cc(C(F)(F)F)ccc1C(F)(F)F. The van der Waals surface area contributed by atoms with E-state index in [0.717, 1.165) is 0 Å². The third-order valence-corrected chi connectivity index (χ3v) is 4.29. The zero-order chi connectivity index (χ0) is 25.6. The number of hydrogen-bond acceptors (Lipinski definition) is 1. The first kappa shape index (κ1) is 26.9. The van der Waals surface area contributed by atoms with Crippen LogP contribution in [-0.4, -0.2) is 13.0 Å². The zero-order valence-corrected chi connectivity index (χ0v) is 16.6. The van der Waals surface area contributed by atoms with Gasteiger partial charge in [-0.25, -0.2) is 0 Å². The van der Waals surface area contributed by atoms with Gasteiger partial charge in [0.25, 0.3) is 0 Å². The lowest BCUT2D eigenvalue weighted by atomic mass is 9.53. The molecule has 0 aromatic heterocycles. The normalized spacial score (nSPS) is 13.5. The first-order valence-electron chi connectivity index (χ1n) is 8.94. The first-order valence-corrected chi connectivity index (χ1v) is 8.94. The van der Waals surface area contributed by atoms with Crippen LogP contribution < -0.4 is 10.9 Å². The van der Waals surface area contributed by atoms with Gasteiger partial charge < -0.3 is 4.65 Å². The monoisotopic (exact) mass is 496 g/mol. The fraction of sp³-hybridized carbons (Fsp3) is 0.368. The molecule has 0 saturated heterocycles. The van der Waals surface area contributed by atoms with E-state index in [-0.39, 0.29) is 36.4 Å². The number of alkyl halides is 12. The van der Waals surface area contributed by atoms with Crippen LogP contribution in [0.1, 0.15) is 36.1 Å². The summed E-state index contributed by atoms with van der Waals surface area (Å²) in [6.07, 6.45) is -22.2. The van der Waals surface area contributed by atoms with Gasteiger partial charge in [-0.1, -0.05) is 18.2 Å². The van der Waals surface area contributed by atoms with Crippen LogP contribution in [0.25, 0.3) is 0 Å². The predicted octanol–water partition coefficient (Wildman–Crippen LogP) is 6.29. The van der Waals surface area contributed by atoms with Crippen molar-refractivity contribution in [1.82, 2.24) is 0 Å². The fourth-order valence-electron chi connectivity index (χ4n) is 2.95. The molecule has 1 nitrogen and oxygen atoms in total. The van der Waals surface area contributed by atoms with E-state index in [1.165, 1.54) is 13.8 Å². The summed E-state index contributed by atoms with van der Waals surface area (Å²) < 4.78 is 164. The minimum Gasteiger partial charge on any atom is -0.425 e. The Morgan fingerprint density at radius 1 is 0.606 bits per heavy atom. The molecule has 33 heavy (non-hydrogen) atoms. The van der Waals surface area contributed by atoms with Crippen molar-refractivity contribution in [3.8, 4) is 0 Å². The molecule has 0 amide bonds. The largest absolute Gasteiger partial charge is 0.425 e. The standard InChI is InChI=1S/C19H13BF12O/c1-9(2)33-20(13-6-11(17(24,25)26)5-12(7-13)18(27,28)29)15-8-10(16(21,22)23)3-4-14(15)19(30,31)32/h3-9H,1-2H3. The Labute approximate surface area is 179 Å². The molecule has 0 spiro atoms. The van der Waals surface area contributed by atoms with Crippen molar-refractivity contribution in [3.63, 3.8) is 0 Å². The van der Waals surface area contributed by atoms with E-state index in [1.54, 1.807) is 0 Å². The summed E-state index contributed by atoms with van der Waals surface area (Å²) in [6.45, 7) is 0.0745. The quantitative estimate of drug-likeness (QED) is 0.357. The van der Waals surface area contributed by atoms with Gasteiger partial charge in [0.05, 0.1) is 22.3 Å². The van der Waals surface area contributed by atoms with Crippen molar-refractivity contribution in [2.75, 3.05) is 0 Å². The summed E-state index contributed by atoms with van der Waals surface area (Å²) in [4.78, 5) is 0. The van der Waals surface area contributed by atoms with Crippen LogP contribution in [0, 0.1) is 0 Å². The van der Waals surface area contributed by atoms with Crippen LogP contribution in [0.3, 0.4) is 0 Å². The van der Waals surface area contributed by atoms with Gasteiger partial charge in [-0.15, -0.1) is 0 Å². The lowest BCUT2D eigenvalue weighted by Gasteiger charge is -2.24. The summed E-state index contributed by atoms with van der Waals surface area (Å²) in [5.41, 5.74) is -9.33. The van der Waals surface area contributed by atoms with Crippen molar-refractivity contribution in [2.24, 2.45) is 0 Å². The third kappa shape index (κ3) is 6.58. The molecule has 0 unspecified atom stereocenters. The Balaban J connectivity index is 2.91. The molecule has 0 fully saturated rings. The Kier molecular flexibility index (Phi) is 7.14. The second-order valence-corrected chi connectivity index (χ2v) is 7.20. The summed E-state index contributed by atoms with van der Waals surface area (Å²) in [6, 6.07) is 0.126. The Bertz CT molecular complexity index is 954. The van der Waals surface area contributed by atoms with Gasteiger partial charge in [-0.2, -0.15) is 52.7 Å². The molecule has 0 aliphatic heterocycles. The highest BCUT2D eigenvalue weighted by Gasteiger charge is 2.43. The molecular weight excluding hydrogens is 483 g/mol. The van der Waals surface area contributed by atoms with Crippen molar-refractivity contribution in [2.45, 2.75) is 44.7 Å². The maximum Gasteiger partial charge on any atom is 0.416 e. The van der Waals surface area contributed by atoms with E-state index in [0.29, 0.717) is 0 Å². The maximum absolute atomic E-state index is 13.5. The van der Waals surface area contributed by atoms with E-state index in [1.807, 2.05) is 0 Å². The van der Waals surface area contributed by atoms with Crippen LogP contribution in [0.2, 0.25) is 0 Å². The molecule has 2 rings (SSSR count). The predicted molar refractivity (Wildman–Crippen MR) is 94.1 cm³/mol. The van der Waals surface area contributed by atoms with E-state index >= 15 is 0 Å². The Morgan fingerprint density at radius 2 is 1.06 bits per heavy atom. The summed E-state index contributed by atoms with van der Waals surface area (Å²) in [5, 5.41) is 0. The van der Waals surface area contributed by atoms with Crippen LogP contribution in [-0.2, 0) is 29.4 Å². The molecule has 0 atom stereocenters. The van der Waals surface area contributed by atoms with Crippen molar-refractivity contribution >= 4 is 17.8 Å². The smallest absolute Gasteiger partial charge is 0.416 e. The molecule has 182 valence electrons. The highest BCUT2D eigenvalue weighted by atomic mass is 19.4. The minimum atomic E-state index is -5.33. The van der Waals surface area contributed by atoms with Crippen molar-refractivity contribution in [1.29, 1.82) is 0 Å². The van der Waals surface area contributed by atoms with E-state index < -0.39 is 70.9 Å². The fourth-order valence-corrected chi connectivity index (χ4v) is 2.95. The molecular formula is C19H13BF12O. The third-order valence-electron chi connectivity index (χ3n) is 4.29. The van der Waals surface area contributed by atoms with Crippen molar-refractivity contribution < 1.29 is 57.3 Å². The average molecular weight is 496 g/mol. The molecule has 0 bridgehead atoms. The summed E-state index contributed by atoms with van der Waals surface area (Å²) >= 11 is 0. The molecule has 0 saturated carbocycles. The molecule has 0 aliphatic carbocycles. The molecule has 0 radical (unpaired) electrons. The maximum atomic E-state index is 13.5. The van der Waals surface area contributed by atoms with Gasteiger partial charge in [-0.05, 0) is 43.0 Å². The average Bonchev–Trinajstić information content (AvgIpc) is 2.62. The molecule has 2 aromatic carbocycles. The summed E-state index contributed by atoms with van der Waals surface area (Å²) in [7, 11) is 0. The van der Waals surface area contributed by atoms with Gasteiger partial charge in [0, 0.05) is 6.10 Å². The lowest BCUT2D eigenvalue weighted by Crippen LogP contribution is -2.50. The number of halogens is 12. The van der Waals surface area contributed by atoms with Crippen LogP contribution >= 0.6 is 0 Å². The van der Waals surface area contributed by atoms with Crippen LogP contribution in [0.4, 0.5) is 52.7 Å². The van der Waals surface area contributed by atoms with E-state index in [4.69, 9.17) is 4.65 Å². The highest BCUT2D eigenvalue weighted by Crippen LogP contribution is 2.36. The second kappa shape index (κ2) is 8.77. The topological polar surface area (TPSA) is 9.23 Å². The minimum absolute atomic E-state index is 0.00337. The molecule has 0 N–H and O–H groups in total. The molecule has 0 aliphatic rings. The number of hydrogen-bond donors (Lipinski definition) is 0. The Morgan fingerprint density at radius 3 is 1.42 bits per heavy atom. The van der Waals surface area contributed by atoms with Gasteiger partial charge in [0.15, 0.2) is 0 Å². The van der Waals surface area contributed by atoms with Gasteiger partial charge in [0.1, 0.15) is 0 Å². The molecule has 0 heterocycles. The molecule has 14 heteroatoms. The Hall–Kier alpha value is -2.38. The zero-order valence-electron chi connectivity index (χ0n) is 16.6. The number of benzene rings is 2. The first-order chi connectivity index (χ1) is 14.7. The van der Waals surface area contributed by atoms with E-state index in [2.05, 4.69) is 0 Å². The summed E-state index contributed by atoms with van der Waals surface area (Å²) in [5.74, 6) is 0. The lowest BCUT2D eigenvalue weighted by molar-refractivity contribution is -0.143. The van der Waals surface area contributed by atoms with Crippen LogP contribution in [0.15, 0.2) is 36.4 Å². The van der Waals surface area contributed by atoms with Crippen molar-refractivity contribution in [3.05, 3.63) is 58.7 Å². The second-order valence-electron chi connectivity index (χ2n) is 7.20. The number of rotatable bonds is 4. The van der Waals surface area contributed by atoms with Crippen LogP contribution in [0.5, 0.6) is 0 Å². The van der Waals surface area contributed by atoms with Gasteiger partial charge >= 0.3 is 31.6 Å². The highest BCUT2D eigenvalue weighted by molar-refractivity contribution is 6.80. The molecule has 2 aromatic rings. The van der Waals surface area contributed by atoms with Gasteiger partial charge in [-0.3, -0.25) is 0 Å².